The molecule has 0 fully saturated rings. The number of aromatic nitrogens is 7. The van der Waals surface area contributed by atoms with E-state index in [0.717, 1.165) is 39.2 Å². The number of nitrogens with one attached hydrogen (secondary N) is 1. The summed E-state index contributed by atoms with van der Waals surface area (Å²) in [7, 11) is 1.91. The minimum absolute atomic E-state index is 0.0863. The maximum absolute atomic E-state index is 4.70. The minimum Gasteiger partial charge on any atom is -0.324 e. The smallest absolute Gasteiger partial charge is 0.227 e. The van der Waals surface area contributed by atoms with Gasteiger partial charge in [-0.2, -0.15) is 10.2 Å². The quantitative estimate of drug-likeness (QED) is 0.452. The highest BCUT2D eigenvalue weighted by molar-refractivity contribution is 5.84. The lowest BCUT2D eigenvalue weighted by Crippen LogP contribution is -2.14. The van der Waals surface area contributed by atoms with E-state index in [9.17, 15) is 0 Å². The van der Waals surface area contributed by atoms with Crippen molar-refractivity contribution in [3.05, 3.63) is 73.2 Å². The average Bonchev–Trinajstić information content (AvgIpc) is 3.43. The van der Waals surface area contributed by atoms with Crippen molar-refractivity contribution in [3.8, 4) is 16.8 Å². The summed E-state index contributed by atoms with van der Waals surface area (Å²) in [6.07, 6.45) is 7.41. The van der Waals surface area contributed by atoms with Crippen LogP contribution in [0.1, 0.15) is 26.6 Å². The molecule has 5 rings (SSSR count). The van der Waals surface area contributed by atoms with Crippen LogP contribution in [-0.2, 0) is 12.5 Å². The first-order valence-corrected chi connectivity index (χ1v) is 10.4. The molecular weight excluding hydrogens is 400 g/mol. The molecule has 8 nitrogen and oxygen atoms in total. The topological polar surface area (TPSA) is 86.3 Å². The van der Waals surface area contributed by atoms with E-state index in [1.807, 2.05) is 56.0 Å². The first-order valence-electron chi connectivity index (χ1n) is 10.4. The van der Waals surface area contributed by atoms with Crippen molar-refractivity contribution in [1.29, 1.82) is 0 Å². The summed E-state index contributed by atoms with van der Waals surface area (Å²) in [5.74, 6) is 1.36. The normalized spacial score (nSPS) is 11.8. The van der Waals surface area contributed by atoms with Crippen LogP contribution in [0.5, 0.6) is 0 Å². The molecule has 160 valence electrons. The van der Waals surface area contributed by atoms with Gasteiger partial charge in [0.1, 0.15) is 6.33 Å². The highest BCUT2D eigenvalue weighted by Crippen LogP contribution is 2.24. The van der Waals surface area contributed by atoms with Gasteiger partial charge in [0.2, 0.25) is 5.95 Å². The maximum atomic E-state index is 4.70. The third kappa shape index (κ3) is 3.94. The van der Waals surface area contributed by atoms with Gasteiger partial charge in [0.15, 0.2) is 5.82 Å². The maximum Gasteiger partial charge on any atom is 0.227 e. The Morgan fingerprint density at radius 3 is 2.41 bits per heavy atom. The number of benzene rings is 2. The fourth-order valence-electron chi connectivity index (χ4n) is 3.39. The largest absolute Gasteiger partial charge is 0.324 e. The molecule has 0 aliphatic carbocycles. The zero-order valence-corrected chi connectivity index (χ0v) is 18.5. The Hall–Kier alpha value is -4.07. The summed E-state index contributed by atoms with van der Waals surface area (Å²) in [5.41, 5.74) is 4.75. The van der Waals surface area contributed by atoms with Crippen LogP contribution in [0, 0.1) is 0 Å². The van der Waals surface area contributed by atoms with Gasteiger partial charge < -0.3 is 5.32 Å². The van der Waals surface area contributed by atoms with Crippen molar-refractivity contribution in [2.24, 2.45) is 7.05 Å². The minimum atomic E-state index is -0.0863. The van der Waals surface area contributed by atoms with Gasteiger partial charge in [0.05, 0.1) is 17.4 Å². The lowest BCUT2D eigenvalue weighted by atomic mass is 9.96. The molecule has 3 heterocycles. The molecule has 0 saturated carbocycles. The monoisotopic (exact) mass is 424 g/mol. The number of rotatable bonds is 4. The average molecular weight is 425 g/mol. The molecule has 1 N–H and O–H groups in total. The van der Waals surface area contributed by atoms with Crippen molar-refractivity contribution in [1.82, 2.24) is 34.5 Å². The number of anilines is 2. The Kier molecular flexibility index (Phi) is 4.70. The Morgan fingerprint density at radius 1 is 0.906 bits per heavy atom. The molecule has 0 bridgehead atoms. The number of hydrogen-bond acceptors (Lipinski definition) is 6. The molecule has 0 radical (unpaired) electrons. The van der Waals surface area contributed by atoms with Crippen molar-refractivity contribution < 1.29 is 0 Å². The predicted octanol–water partition coefficient (Wildman–Crippen LogP) is 4.65. The van der Waals surface area contributed by atoms with Crippen LogP contribution in [-0.4, -0.2) is 34.5 Å². The second-order valence-corrected chi connectivity index (χ2v) is 8.80. The summed E-state index contributed by atoms with van der Waals surface area (Å²) in [4.78, 5) is 13.6. The van der Waals surface area contributed by atoms with Gasteiger partial charge in [-0.25, -0.2) is 19.6 Å². The van der Waals surface area contributed by atoms with Gasteiger partial charge in [0, 0.05) is 41.5 Å². The summed E-state index contributed by atoms with van der Waals surface area (Å²) >= 11 is 0. The molecule has 2 aromatic carbocycles. The fourth-order valence-corrected chi connectivity index (χ4v) is 3.39. The predicted molar refractivity (Wildman–Crippen MR) is 125 cm³/mol. The molecule has 0 spiro atoms. The summed E-state index contributed by atoms with van der Waals surface area (Å²) in [6.45, 7) is 6.30. The Balaban J connectivity index is 1.37. The van der Waals surface area contributed by atoms with E-state index in [1.54, 1.807) is 15.7 Å². The van der Waals surface area contributed by atoms with E-state index < -0.39 is 0 Å². The van der Waals surface area contributed by atoms with Crippen LogP contribution in [0.4, 0.5) is 11.6 Å². The SMILES string of the molecule is Cn1cc(-c2ccc3cnc(Nc4ccc(-n5cnc(C(C)(C)C)n5)cc4)nc3c2)cn1. The van der Waals surface area contributed by atoms with E-state index in [-0.39, 0.29) is 5.41 Å². The second kappa shape index (κ2) is 7.56. The summed E-state index contributed by atoms with van der Waals surface area (Å²) < 4.78 is 3.58. The van der Waals surface area contributed by atoms with Crippen LogP contribution >= 0.6 is 0 Å². The number of aryl methyl sites for hydroxylation is 1. The van der Waals surface area contributed by atoms with Gasteiger partial charge in [-0.15, -0.1) is 0 Å². The third-order valence-corrected chi connectivity index (χ3v) is 5.17. The van der Waals surface area contributed by atoms with Crippen molar-refractivity contribution in [3.63, 3.8) is 0 Å². The van der Waals surface area contributed by atoms with Crippen molar-refractivity contribution >= 4 is 22.5 Å². The Labute approximate surface area is 186 Å². The first kappa shape index (κ1) is 19.9. The fraction of sp³-hybridized carbons (Fsp3) is 0.208. The highest BCUT2D eigenvalue weighted by Gasteiger charge is 2.19. The number of hydrogen-bond donors (Lipinski definition) is 1. The molecule has 5 aromatic rings. The van der Waals surface area contributed by atoms with Crippen LogP contribution < -0.4 is 5.32 Å². The lowest BCUT2D eigenvalue weighted by molar-refractivity contribution is 0.543. The van der Waals surface area contributed by atoms with Gasteiger partial charge in [-0.3, -0.25) is 4.68 Å². The Bertz CT molecular complexity index is 1390. The van der Waals surface area contributed by atoms with Crippen LogP contribution in [0.2, 0.25) is 0 Å². The van der Waals surface area contributed by atoms with Gasteiger partial charge in [0.25, 0.3) is 0 Å². The molecule has 0 saturated heterocycles. The van der Waals surface area contributed by atoms with Crippen LogP contribution in [0.15, 0.2) is 67.4 Å². The van der Waals surface area contributed by atoms with E-state index in [1.165, 1.54) is 0 Å². The zero-order chi connectivity index (χ0) is 22.3. The number of nitrogens with zero attached hydrogens (tertiary/aromatic N) is 7. The molecule has 8 heteroatoms. The van der Waals surface area contributed by atoms with Gasteiger partial charge in [-0.1, -0.05) is 32.9 Å². The molecule has 0 atom stereocenters. The van der Waals surface area contributed by atoms with Gasteiger partial charge in [-0.05, 0) is 35.9 Å². The summed E-state index contributed by atoms with van der Waals surface area (Å²) in [5, 5.41) is 13.1. The van der Waals surface area contributed by atoms with Gasteiger partial charge >= 0.3 is 0 Å². The molecule has 0 unspecified atom stereocenters. The number of fused-ring (bicyclic) bond motifs is 1. The molecule has 32 heavy (non-hydrogen) atoms. The van der Waals surface area contributed by atoms with E-state index in [2.05, 4.69) is 58.4 Å². The van der Waals surface area contributed by atoms with Crippen LogP contribution in [0.25, 0.3) is 27.7 Å². The molecule has 0 aliphatic heterocycles. The zero-order valence-electron chi connectivity index (χ0n) is 18.5. The molecule has 3 aromatic heterocycles. The van der Waals surface area contributed by atoms with Crippen LogP contribution in [0.3, 0.4) is 0 Å². The standard InChI is InChI=1S/C24H24N8/c1-24(2,3)22-26-15-32(30-22)20-9-7-19(8-10-20)28-23-25-12-17-6-5-16(11-21(17)29-23)18-13-27-31(4)14-18/h5-15H,1-4H3,(H,25,28,29). The first-order chi connectivity index (χ1) is 15.3. The van der Waals surface area contributed by atoms with Crippen molar-refractivity contribution in [2.75, 3.05) is 5.32 Å². The highest BCUT2D eigenvalue weighted by atomic mass is 15.3. The van der Waals surface area contributed by atoms with E-state index in [0.29, 0.717) is 5.95 Å². The Morgan fingerprint density at radius 2 is 1.72 bits per heavy atom. The molecule has 0 aliphatic rings. The summed E-state index contributed by atoms with van der Waals surface area (Å²) in [6, 6.07) is 14.1. The molecule has 0 amide bonds. The second-order valence-electron chi connectivity index (χ2n) is 8.80. The van der Waals surface area contributed by atoms with E-state index in [4.69, 9.17) is 4.98 Å². The third-order valence-electron chi connectivity index (χ3n) is 5.17. The lowest BCUT2D eigenvalue weighted by Gasteiger charge is -2.12. The molecular formula is C24H24N8. The van der Waals surface area contributed by atoms with Crippen molar-refractivity contribution in [2.45, 2.75) is 26.2 Å². The van der Waals surface area contributed by atoms with E-state index >= 15 is 0 Å².